The number of hydrogen-bond donors (Lipinski definition) is 2. The van der Waals surface area contributed by atoms with E-state index >= 15 is 0 Å². The quantitative estimate of drug-likeness (QED) is 0.580. The third-order valence-electron chi connectivity index (χ3n) is 4.84. The summed E-state index contributed by atoms with van der Waals surface area (Å²) in [7, 11) is 1.77. The Hall–Kier alpha value is -0.160. The van der Waals surface area contributed by atoms with Crippen molar-refractivity contribution in [1.82, 2.24) is 10.2 Å². The van der Waals surface area contributed by atoms with Gasteiger partial charge in [0.2, 0.25) is 0 Å². The van der Waals surface area contributed by atoms with Gasteiger partial charge >= 0.3 is 0 Å². The number of aliphatic hydroxyl groups is 1. The summed E-state index contributed by atoms with van der Waals surface area (Å²) < 4.78 is 5.29. The molecule has 0 spiro atoms. The largest absolute Gasteiger partial charge is 0.394 e. The van der Waals surface area contributed by atoms with E-state index in [-0.39, 0.29) is 12.1 Å². The van der Waals surface area contributed by atoms with Crippen molar-refractivity contribution in [3.8, 4) is 0 Å². The minimum Gasteiger partial charge on any atom is -0.394 e. The SMILES string of the molecule is CCCNC(C)(CO)CC(C)N(CCOC)C(C)C1CC1. The topological polar surface area (TPSA) is 44.7 Å². The second kappa shape index (κ2) is 9.09. The van der Waals surface area contributed by atoms with Crippen molar-refractivity contribution in [3.05, 3.63) is 0 Å². The molecule has 0 aromatic heterocycles. The lowest BCUT2D eigenvalue weighted by atomic mass is 9.92. The minimum atomic E-state index is -0.190. The smallest absolute Gasteiger partial charge is 0.0611 e. The van der Waals surface area contributed by atoms with Crippen LogP contribution in [0.2, 0.25) is 0 Å². The van der Waals surface area contributed by atoms with Gasteiger partial charge in [-0.3, -0.25) is 4.90 Å². The molecule has 1 rings (SSSR count). The van der Waals surface area contributed by atoms with Crippen LogP contribution in [-0.4, -0.2) is 61.0 Å². The van der Waals surface area contributed by atoms with Gasteiger partial charge in [-0.2, -0.15) is 0 Å². The molecule has 126 valence electrons. The molecule has 3 atom stereocenters. The summed E-state index contributed by atoms with van der Waals surface area (Å²) in [5.74, 6) is 0.855. The highest BCUT2D eigenvalue weighted by Crippen LogP contribution is 2.36. The summed E-state index contributed by atoms with van der Waals surface area (Å²) in [5, 5.41) is 13.3. The van der Waals surface area contributed by atoms with Crippen LogP contribution in [0.15, 0.2) is 0 Å². The predicted octanol–water partition coefficient (Wildman–Crippen LogP) is 2.26. The predicted molar refractivity (Wildman–Crippen MR) is 88.6 cm³/mol. The standard InChI is InChI=1S/C17H36N2O2/c1-6-9-18-17(4,13-20)12-14(2)19(10-11-21-5)15(3)16-7-8-16/h14-16,18,20H,6-13H2,1-5H3. The van der Waals surface area contributed by atoms with Gasteiger partial charge in [0.05, 0.1) is 13.2 Å². The highest BCUT2D eigenvalue weighted by Gasteiger charge is 2.36. The lowest BCUT2D eigenvalue weighted by molar-refractivity contribution is 0.0598. The van der Waals surface area contributed by atoms with Gasteiger partial charge in [0.25, 0.3) is 0 Å². The highest BCUT2D eigenvalue weighted by molar-refractivity contribution is 4.92. The lowest BCUT2D eigenvalue weighted by Crippen LogP contribution is -2.53. The molecule has 0 amide bonds. The fraction of sp³-hybridized carbons (Fsp3) is 1.00. The van der Waals surface area contributed by atoms with Crippen molar-refractivity contribution in [1.29, 1.82) is 0 Å². The molecule has 3 unspecified atom stereocenters. The van der Waals surface area contributed by atoms with Crippen molar-refractivity contribution in [2.75, 3.05) is 33.4 Å². The van der Waals surface area contributed by atoms with Crippen LogP contribution in [0.4, 0.5) is 0 Å². The number of aliphatic hydroxyl groups excluding tert-OH is 1. The fourth-order valence-corrected chi connectivity index (χ4v) is 3.26. The Labute approximate surface area is 131 Å². The van der Waals surface area contributed by atoms with Crippen molar-refractivity contribution in [2.45, 2.75) is 71.0 Å². The Balaban J connectivity index is 2.62. The molecule has 0 aliphatic heterocycles. The second-order valence-corrected chi connectivity index (χ2v) is 7.01. The Morgan fingerprint density at radius 3 is 2.52 bits per heavy atom. The first-order valence-electron chi connectivity index (χ1n) is 8.58. The molecule has 0 aromatic rings. The molecule has 1 aliphatic rings. The van der Waals surface area contributed by atoms with E-state index in [2.05, 4.69) is 37.9 Å². The molecule has 0 radical (unpaired) electrons. The minimum absolute atomic E-state index is 0.188. The van der Waals surface area contributed by atoms with E-state index in [0.717, 1.165) is 38.5 Å². The van der Waals surface area contributed by atoms with E-state index in [9.17, 15) is 5.11 Å². The average Bonchev–Trinajstić information content (AvgIpc) is 3.30. The third-order valence-corrected chi connectivity index (χ3v) is 4.84. The number of nitrogens with one attached hydrogen (secondary N) is 1. The molecule has 1 aliphatic carbocycles. The summed E-state index contributed by atoms with van der Waals surface area (Å²) in [6, 6.07) is 1.06. The maximum atomic E-state index is 9.77. The molecular formula is C17H36N2O2. The van der Waals surface area contributed by atoms with Crippen molar-refractivity contribution in [2.24, 2.45) is 5.92 Å². The van der Waals surface area contributed by atoms with Gasteiger partial charge in [0.15, 0.2) is 0 Å². The highest BCUT2D eigenvalue weighted by atomic mass is 16.5. The van der Waals surface area contributed by atoms with Gasteiger partial charge in [0, 0.05) is 31.3 Å². The average molecular weight is 300 g/mol. The third kappa shape index (κ3) is 6.23. The second-order valence-electron chi connectivity index (χ2n) is 7.01. The Kier molecular flexibility index (Phi) is 8.17. The first-order chi connectivity index (χ1) is 9.97. The maximum absolute atomic E-state index is 9.77. The van der Waals surface area contributed by atoms with Crippen LogP contribution in [0.5, 0.6) is 0 Å². The molecule has 0 bridgehead atoms. The van der Waals surface area contributed by atoms with Crippen LogP contribution in [0.1, 0.15) is 53.4 Å². The lowest BCUT2D eigenvalue weighted by Gasteiger charge is -2.40. The van der Waals surface area contributed by atoms with Crippen LogP contribution in [-0.2, 0) is 4.74 Å². The van der Waals surface area contributed by atoms with E-state index in [1.807, 2.05) is 0 Å². The number of ether oxygens (including phenoxy) is 1. The van der Waals surface area contributed by atoms with Crippen molar-refractivity contribution < 1.29 is 9.84 Å². The monoisotopic (exact) mass is 300 g/mol. The summed E-state index contributed by atoms with van der Waals surface area (Å²) in [5.41, 5.74) is -0.190. The van der Waals surface area contributed by atoms with Gasteiger partial charge in [-0.25, -0.2) is 0 Å². The molecule has 4 nitrogen and oxygen atoms in total. The molecular weight excluding hydrogens is 264 g/mol. The number of methoxy groups -OCH3 is 1. The van der Waals surface area contributed by atoms with Crippen LogP contribution >= 0.6 is 0 Å². The summed E-state index contributed by atoms with van der Waals surface area (Å²) in [6.07, 6.45) is 4.78. The Morgan fingerprint density at radius 1 is 1.38 bits per heavy atom. The van der Waals surface area contributed by atoms with Crippen LogP contribution in [0.3, 0.4) is 0 Å². The maximum Gasteiger partial charge on any atom is 0.0611 e. The van der Waals surface area contributed by atoms with Gasteiger partial charge in [-0.1, -0.05) is 6.92 Å². The molecule has 1 fully saturated rings. The van der Waals surface area contributed by atoms with Crippen molar-refractivity contribution >= 4 is 0 Å². The van der Waals surface area contributed by atoms with Crippen LogP contribution < -0.4 is 5.32 Å². The Bertz CT molecular complexity index is 284. The Morgan fingerprint density at radius 2 is 2.05 bits per heavy atom. The van der Waals surface area contributed by atoms with E-state index < -0.39 is 0 Å². The zero-order chi connectivity index (χ0) is 15.9. The molecule has 21 heavy (non-hydrogen) atoms. The molecule has 0 aromatic carbocycles. The van der Waals surface area contributed by atoms with Crippen molar-refractivity contribution in [3.63, 3.8) is 0 Å². The number of nitrogens with zero attached hydrogens (tertiary/aromatic N) is 1. The summed E-state index contributed by atoms with van der Waals surface area (Å²) in [6.45, 7) is 11.8. The van der Waals surface area contributed by atoms with E-state index in [1.54, 1.807) is 7.11 Å². The first-order valence-corrected chi connectivity index (χ1v) is 8.58. The fourth-order valence-electron chi connectivity index (χ4n) is 3.26. The zero-order valence-corrected chi connectivity index (χ0v) is 14.7. The normalized spacial score (nSPS) is 21.3. The van der Waals surface area contributed by atoms with Gasteiger partial charge in [-0.05, 0) is 58.9 Å². The molecule has 0 saturated heterocycles. The van der Waals surface area contributed by atoms with Gasteiger partial charge in [0.1, 0.15) is 0 Å². The number of rotatable bonds is 12. The zero-order valence-electron chi connectivity index (χ0n) is 14.7. The van der Waals surface area contributed by atoms with Gasteiger partial charge < -0.3 is 15.2 Å². The van der Waals surface area contributed by atoms with E-state index in [1.165, 1.54) is 12.8 Å². The molecule has 1 saturated carbocycles. The summed E-state index contributed by atoms with van der Waals surface area (Å²) >= 11 is 0. The molecule has 2 N–H and O–H groups in total. The summed E-state index contributed by atoms with van der Waals surface area (Å²) in [4.78, 5) is 2.57. The molecule has 4 heteroatoms. The van der Waals surface area contributed by atoms with Gasteiger partial charge in [-0.15, -0.1) is 0 Å². The van der Waals surface area contributed by atoms with Crippen LogP contribution in [0, 0.1) is 5.92 Å². The number of hydrogen-bond acceptors (Lipinski definition) is 4. The first kappa shape index (κ1) is 18.9. The van der Waals surface area contributed by atoms with E-state index in [4.69, 9.17) is 4.74 Å². The van der Waals surface area contributed by atoms with Crippen LogP contribution in [0.25, 0.3) is 0 Å². The molecule has 0 heterocycles. The van der Waals surface area contributed by atoms with E-state index in [0.29, 0.717) is 12.1 Å².